The van der Waals surface area contributed by atoms with Crippen molar-refractivity contribution >= 4 is 61.7 Å². The van der Waals surface area contributed by atoms with Crippen LogP contribution >= 0.6 is 0 Å². The number of hydrogen-bond acceptors (Lipinski definition) is 2. The van der Waals surface area contributed by atoms with Crippen LogP contribution in [-0.2, 0) is 16.2 Å². The first-order chi connectivity index (χ1) is 31.3. The molecule has 1 aliphatic carbocycles. The average Bonchev–Trinajstić information content (AvgIpc) is 3.92. The lowest BCUT2D eigenvalue weighted by Gasteiger charge is -2.42. The van der Waals surface area contributed by atoms with Crippen LogP contribution in [-0.4, -0.2) is 11.4 Å². The van der Waals surface area contributed by atoms with Crippen molar-refractivity contribution in [2.24, 2.45) is 0 Å². The number of benzene rings is 8. The number of aromatic nitrogens is 1. The topological polar surface area (TPSA) is 21.3 Å². The van der Waals surface area contributed by atoms with E-state index in [1.165, 1.54) is 94.3 Å². The number of rotatable bonds is 3. The van der Waals surface area contributed by atoms with Gasteiger partial charge in [-0.05, 0) is 103 Å². The van der Waals surface area contributed by atoms with E-state index in [0.717, 1.165) is 33.4 Å². The Labute approximate surface area is 382 Å². The molecule has 2 aliphatic heterocycles. The Kier molecular flexibility index (Phi) is 7.71. The second-order valence-electron chi connectivity index (χ2n) is 21.3. The highest BCUT2D eigenvalue weighted by molar-refractivity contribution is 6.94. The van der Waals surface area contributed by atoms with Crippen LogP contribution in [0.15, 0.2) is 168 Å². The third-order valence-electron chi connectivity index (χ3n) is 15.1. The molecule has 0 unspecified atom stereocenters. The maximum atomic E-state index is 7.14. The van der Waals surface area contributed by atoms with Gasteiger partial charge >= 0.3 is 6.85 Å². The van der Waals surface area contributed by atoms with Crippen LogP contribution in [0, 0.1) is 0 Å². The molecule has 314 valence electrons. The molecule has 3 nitrogen and oxygen atoms in total. The molecule has 0 N–H and O–H groups in total. The summed E-state index contributed by atoms with van der Waals surface area (Å²) < 4.78 is 9.77. The lowest BCUT2D eigenvalue weighted by atomic mass is 9.43. The highest BCUT2D eigenvalue weighted by Crippen LogP contribution is 2.53. The van der Waals surface area contributed by atoms with E-state index in [-0.39, 0.29) is 23.1 Å². The first kappa shape index (κ1) is 38.4. The van der Waals surface area contributed by atoms with E-state index >= 15 is 0 Å². The molecule has 0 atom stereocenters. The average molecular weight is 839 g/mol. The van der Waals surface area contributed by atoms with Crippen LogP contribution in [0.5, 0.6) is 0 Å². The smallest absolute Gasteiger partial charge is 0.333 e. The van der Waals surface area contributed by atoms with Gasteiger partial charge in [0.2, 0.25) is 0 Å². The van der Waals surface area contributed by atoms with Crippen LogP contribution in [0.1, 0.15) is 77.6 Å². The summed E-state index contributed by atoms with van der Waals surface area (Å²) in [7, 11) is 0. The van der Waals surface area contributed by atoms with Crippen molar-refractivity contribution in [2.75, 3.05) is 4.81 Å². The van der Waals surface area contributed by atoms with Gasteiger partial charge in [0.25, 0.3) is 0 Å². The molecule has 0 amide bonds. The van der Waals surface area contributed by atoms with Crippen LogP contribution in [0.4, 0.5) is 11.4 Å². The highest BCUT2D eigenvalue weighted by atomic mass is 16.3. The van der Waals surface area contributed by atoms with E-state index in [4.69, 9.17) is 4.42 Å². The Hall–Kier alpha value is -7.04. The maximum absolute atomic E-state index is 7.14. The summed E-state index contributed by atoms with van der Waals surface area (Å²) in [6.45, 7) is 18.5. The fourth-order valence-electron chi connectivity index (χ4n) is 11.7. The van der Waals surface area contributed by atoms with E-state index < -0.39 is 0 Å². The third-order valence-corrected chi connectivity index (χ3v) is 15.1. The fourth-order valence-corrected chi connectivity index (χ4v) is 11.7. The molecule has 0 saturated carbocycles. The minimum absolute atomic E-state index is 0.0191. The van der Waals surface area contributed by atoms with Crippen LogP contribution in [0.2, 0.25) is 0 Å². The summed E-state index contributed by atoms with van der Waals surface area (Å²) in [5.41, 5.74) is 21.5. The summed E-state index contributed by atoms with van der Waals surface area (Å²) in [5, 5.41) is 4.83. The number of furan rings is 1. The minimum Gasteiger partial charge on any atom is -0.455 e. The largest absolute Gasteiger partial charge is 0.455 e. The predicted molar refractivity (Wildman–Crippen MR) is 275 cm³/mol. The molecule has 4 heterocycles. The van der Waals surface area contributed by atoms with Gasteiger partial charge in [-0.1, -0.05) is 177 Å². The van der Waals surface area contributed by atoms with Gasteiger partial charge in [0.05, 0.1) is 11.0 Å². The first-order valence-electron chi connectivity index (χ1n) is 23.3. The van der Waals surface area contributed by atoms with Crippen molar-refractivity contribution in [3.63, 3.8) is 0 Å². The number of anilines is 2. The van der Waals surface area contributed by atoms with Gasteiger partial charge in [0, 0.05) is 60.7 Å². The molecule has 10 aromatic rings. The van der Waals surface area contributed by atoms with E-state index in [9.17, 15) is 0 Å². The Bertz CT molecular complexity index is 3630. The summed E-state index contributed by atoms with van der Waals surface area (Å²) >= 11 is 0. The van der Waals surface area contributed by atoms with Gasteiger partial charge in [-0.25, -0.2) is 0 Å². The van der Waals surface area contributed by atoms with Gasteiger partial charge in [-0.2, -0.15) is 0 Å². The standard InChI is InChI=1S/C61H51BN2O/c1-59(2,3)38-23-26-40(27-24-38)64-52-30-25-39(60(4,5)6)31-45(52)42-28-29-43-46-32-50-44(41-21-15-16-22-49(41)61(50,7)8)34-53(46)63-54-35-48-47(33-51(54)62(64)55(42)56(43)63)57(36-17-11-9-12-18-36)65-58(48)37-19-13-10-14-20-37/h9-35H,1-8H3. The van der Waals surface area contributed by atoms with Gasteiger partial charge in [-0.15, -0.1) is 0 Å². The predicted octanol–water partition coefficient (Wildman–Crippen LogP) is 15.0. The summed E-state index contributed by atoms with van der Waals surface area (Å²) in [5.74, 6) is 1.79. The molecule has 13 rings (SSSR count). The fraction of sp³-hybridized carbons (Fsp3) is 0.180. The lowest BCUT2D eigenvalue weighted by Crippen LogP contribution is -2.60. The summed E-state index contributed by atoms with van der Waals surface area (Å²) in [6.07, 6.45) is 0. The van der Waals surface area contributed by atoms with Crippen molar-refractivity contribution < 1.29 is 4.42 Å². The highest BCUT2D eigenvalue weighted by Gasteiger charge is 2.45. The van der Waals surface area contributed by atoms with Crippen molar-refractivity contribution in [1.82, 2.24) is 4.57 Å². The zero-order valence-corrected chi connectivity index (χ0v) is 38.5. The molecule has 0 radical (unpaired) electrons. The molecule has 0 spiro atoms. The van der Waals surface area contributed by atoms with Gasteiger partial charge in [0.1, 0.15) is 11.5 Å². The number of nitrogens with zero attached hydrogens (tertiary/aromatic N) is 2. The second-order valence-corrected chi connectivity index (χ2v) is 21.3. The SMILES string of the molecule is CC(C)(C)c1ccc(N2B3c4cc5c(-c6ccccc6)oc(-c6ccccc6)c5cc4-n4c5cc6c(cc5c5ccc(c3c54)-c3cc(C(C)(C)C)ccc32)C(C)(C)c2ccccc2-6)cc1. The quantitative estimate of drug-likeness (QED) is 0.165. The van der Waals surface area contributed by atoms with E-state index in [0.29, 0.717) is 0 Å². The van der Waals surface area contributed by atoms with Crippen molar-refractivity contribution in [1.29, 1.82) is 0 Å². The Morgan fingerprint density at radius 1 is 0.477 bits per heavy atom. The Balaban J connectivity index is 1.20. The molecule has 65 heavy (non-hydrogen) atoms. The molecule has 4 heteroatoms. The molecule has 2 aromatic heterocycles. The molecule has 3 aliphatic rings. The molecule has 0 bridgehead atoms. The summed E-state index contributed by atoms with van der Waals surface area (Å²) in [6, 6.07) is 61.8. The maximum Gasteiger partial charge on any atom is 0.333 e. The number of fused-ring (bicyclic) bond motifs is 12. The minimum atomic E-state index is -0.124. The Morgan fingerprint density at radius 3 is 1.78 bits per heavy atom. The zero-order valence-electron chi connectivity index (χ0n) is 38.5. The van der Waals surface area contributed by atoms with E-state index in [1.54, 1.807) is 0 Å². The summed E-state index contributed by atoms with van der Waals surface area (Å²) in [4.78, 5) is 2.65. The van der Waals surface area contributed by atoms with Crippen LogP contribution < -0.4 is 15.7 Å². The normalized spacial score (nSPS) is 14.5. The molecule has 0 saturated heterocycles. The molecular formula is C61H51BN2O. The van der Waals surface area contributed by atoms with Crippen LogP contribution in [0.3, 0.4) is 0 Å². The Morgan fingerprint density at radius 2 is 1.11 bits per heavy atom. The van der Waals surface area contributed by atoms with Crippen molar-refractivity contribution in [3.05, 3.63) is 186 Å². The molecular weight excluding hydrogens is 787 g/mol. The van der Waals surface area contributed by atoms with Gasteiger partial charge in [0.15, 0.2) is 0 Å². The van der Waals surface area contributed by atoms with E-state index in [2.05, 4.69) is 229 Å². The van der Waals surface area contributed by atoms with Crippen molar-refractivity contribution in [2.45, 2.75) is 71.6 Å². The second kappa shape index (κ2) is 13.0. The van der Waals surface area contributed by atoms with Gasteiger partial charge < -0.3 is 13.8 Å². The van der Waals surface area contributed by atoms with Gasteiger partial charge in [-0.3, -0.25) is 0 Å². The first-order valence-corrected chi connectivity index (χ1v) is 23.3. The molecule has 0 fully saturated rings. The van der Waals surface area contributed by atoms with Crippen molar-refractivity contribution in [3.8, 4) is 50.6 Å². The third kappa shape index (κ3) is 5.31. The monoisotopic (exact) mass is 838 g/mol. The molecule has 8 aromatic carbocycles. The van der Waals surface area contributed by atoms with E-state index in [1.807, 2.05) is 0 Å². The van der Waals surface area contributed by atoms with Crippen LogP contribution in [0.25, 0.3) is 83.2 Å². The lowest BCUT2D eigenvalue weighted by molar-refractivity contribution is 0.590. The number of hydrogen-bond donors (Lipinski definition) is 0. The zero-order chi connectivity index (χ0) is 44.3.